The van der Waals surface area contributed by atoms with Gasteiger partial charge >= 0.3 is 0 Å². The van der Waals surface area contributed by atoms with E-state index in [1.54, 1.807) is 12.1 Å². The van der Waals surface area contributed by atoms with Crippen LogP contribution in [0, 0.1) is 0 Å². The van der Waals surface area contributed by atoms with Gasteiger partial charge in [0.1, 0.15) is 5.75 Å². The summed E-state index contributed by atoms with van der Waals surface area (Å²) in [4.78, 5) is 0. The molecule has 0 heterocycles. The van der Waals surface area contributed by atoms with Crippen LogP contribution in [-0.4, -0.2) is 5.11 Å². The molecule has 0 aliphatic carbocycles. The third kappa shape index (κ3) is 2.57. The van der Waals surface area contributed by atoms with E-state index in [4.69, 9.17) is 4.74 Å². The summed E-state index contributed by atoms with van der Waals surface area (Å²) in [6.45, 7) is 0. The smallest absolute Gasteiger partial charge is 0.169 e. The summed E-state index contributed by atoms with van der Waals surface area (Å²) in [5.74, 6) is 1.26. The van der Waals surface area contributed by atoms with Gasteiger partial charge in [-0.1, -0.05) is 18.2 Å². The number of hydrogen-bond donors (Lipinski definition) is 2. The molecule has 0 amide bonds. The van der Waals surface area contributed by atoms with E-state index in [0.29, 0.717) is 11.5 Å². The number of aromatic hydroxyl groups is 1. The number of phenols is 1. The van der Waals surface area contributed by atoms with Gasteiger partial charge in [-0.3, -0.25) is 0 Å². The Kier molecular flexibility index (Phi) is 3.51. The summed E-state index contributed by atoms with van der Waals surface area (Å²) in [5, 5.41) is 9.72. The SMILES string of the molecule is Oc1cc(NI)ccc1Oc1ccccc1. The molecule has 0 radical (unpaired) electrons. The van der Waals surface area contributed by atoms with Crippen LogP contribution >= 0.6 is 22.9 Å². The van der Waals surface area contributed by atoms with E-state index in [1.165, 1.54) is 0 Å². The topological polar surface area (TPSA) is 41.5 Å². The van der Waals surface area contributed by atoms with Crippen molar-refractivity contribution in [3.05, 3.63) is 48.5 Å². The minimum absolute atomic E-state index is 0.116. The summed E-state index contributed by atoms with van der Waals surface area (Å²) in [7, 11) is 0. The highest BCUT2D eigenvalue weighted by atomic mass is 127. The highest BCUT2D eigenvalue weighted by Crippen LogP contribution is 2.32. The number of rotatable bonds is 3. The summed E-state index contributed by atoms with van der Waals surface area (Å²) in [6.07, 6.45) is 0. The minimum atomic E-state index is 0.116. The lowest BCUT2D eigenvalue weighted by Gasteiger charge is -2.08. The summed E-state index contributed by atoms with van der Waals surface area (Å²) in [6, 6.07) is 14.5. The Bertz CT molecular complexity index is 474. The average molecular weight is 327 g/mol. The molecule has 0 saturated heterocycles. The first kappa shape index (κ1) is 11.1. The van der Waals surface area contributed by atoms with Gasteiger partial charge in [-0.05, 0) is 24.3 Å². The lowest BCUT2D eigenvalue weighted by molar-refractivity contribution is 0.411. The van der Waals surface area contributed by atoms with E-state index < -0.39 is 0 Å². The lowest BCUT2D eigenvalue weighted by atomic mass is 10.3. The third-order valence-corrected chi connectivity index (χ3v) is 2.66. The van der Waals surface area contributed by atoms with E-state index in [9.17, 15) is 5.11 Å². The zero-order valence-corrected chi connectivity index (χ0v) is 10.5. The zero-order valence-electron chi connectivity index (χ0n) is 8.35. The van der Waals surface area contributed by atoms with Crippen molar-refractivity contribution in [2.24, 2.45) is 0 Å². The van der Waals surface area contributed by atoms with Crippen LogP contribution in [0.3, 0.4) is 0 Å². The van der Waals surface area contributed by atoms with E-state index >= 15 is 0 Å². The molecule has 0 saturated carbocycles. The van der Waals surface area contributed by atoms with Gasteiger partial charge in [-0.15, -0.1) is 0 Å². The molecule has 3 nitrogen and oxygen atoms in total. The molecule has 2 N–H and O–H groups in total. The van der Waals surface area contributed by atoms with Crippen molar-refractivity contribution in [1.82, 2.24) is 0 Å². The maximum atomic E-state index is 9.72. The molecule has 4 heteroatoms. The van der Waals surface area contributed by atoms with Crippen molar-refractivity contribution in [3.63, 3.8) is 0 Å². The fourth-order valence-corrected chi connectivity index (χ4v) is 1.61. The molecule has 0 aliphatic heterocycles. The first-order valence-electron chi connectivity index (χ1n) is 4.72. The Morgan fingerprint density at radius 2 is 1.81 bits per heavy atom. The van der Waals surface area contributed by atoms with Crippen molar-refractivity contribution in [2.45, 2.75) is 0 Å². The number of nitrogens with one attached hydrogen (secondary N) is 1. The Balaban J connectivity index is 2.22. The molecule has 2 aromatic rings. The van der Waals surface area contributed by atoms with Crippen LogP contribution in [0.1, 0.15) is 0 Å². The van der Waals surface area contributed by atoms with Crippen molar-refractivity contribution >= 4 is 28.6 Å². The molecule has 0 aliphatic rings. The summed E-state index contributed by atoms with van der Waals surface area (Å²) >= 11 is 2.00. The predicted molar refractivity (Wildman–Crippen MR) is 72.3 cm³/mol. The van der Waals surface area contributed by atoms with E-state index in [-0.39, 0.29) is 5.75 Å². The monoisotopic (exact) mass is 327 g/mol. The van der Waals surface area contributed by atoms with Crippen LogP contribution in [0.15, 0.2) is 48.5 Å². The normalized spacial score (nSPS) is 9.81. The maximum Gasteiger partial charge on any atom is 0.169 e. The van der Waals surface area contributed by atoms with Gasteiger partial charge < -0.3 is 13.4 Å². The van der Waals surface area contributed by atoms with Gasteiger partial charge in [-0.25, -0.2) is 0 Å². The van der Waals surface area contributed by atoms with E-state index in [2.05, 4.69) is 3.53 Å². The fourth-order valence-electron chi connectivity index (χ4n) is 1.28. The molecule has 0 bridgehead atoms. The number of phenolic OH excluding ortho intramolecular Hbond substituents is 1. The Morgan fingerprint density at radius 1 is 1.06 bits per heavy atom. The number of benzene rings is 2. The van der Waals surface area contributed by atoms with Crippen molar-refractivity contribution in [2.75, 3.05) is 3.53 Å². The van der Waals surface area contributed by atoms with Crippen molar-refractivity contribution in [1.29, 1.82) is 0 Å². The molecule has 0 atom stereocenters. The molecule has 2 aromatic carbocycles. The van der Waals surface area contributed by atoms with Crippen LogP contribution in [-0.2, 0) is 0 Å². The maximum absolute atomic E-state index is 9.72. The molecular weight excluding hydrogens is 317 g/mol. The first-order valence-corrected chi connectivity index (χ1v) is 5.80. The molecule has 0 unspecified atom stereocenters. The number of halogens is 1. The summed E-state index contributed by atoms with van der Waals surface area (Å²) < 4.78 is 8.44. The van der Waals surface area contributed by atoms with Gasteiger partial charge in [0.25, 0.3) is 0 Å². The highest BCUT2D eigenvalue weighted by Gasteiger charge is 2.04. The molecule has 2 rings (SSSR count). The number of anilines is 1. The van der Waals surface area contributed by atoms with E-state index in [0.717, 1.165) is 5.69 Å². The van der Waals surface area contributed by atoms with Crippen LogP contribution < -0.4 is 8.27 Å². The van der Waals surface area contributed by atoms with Crippen LogP contribution in [0.4, 0.5) is 5.69 Å². The Hall–Kier alpha value is -1.43. The Labute approximate surface area is 108 Å². The third-order valence-electron chi connectivity index (χ3n) is 2.04. The molecule has 16 heavy (non-hydrogen) atoms. The first-order chi connectivity index (χ1) is 7.79. The number of hydrogen-bond acceptors (Lipinski definition) is 3. The zero-order chi connectivity index (χ0) is 11.4. The standard InChI is InChI=1S/C12H10INO2/c13-14-9-6-7-12(11(15)8-9)16-10-4-2-1-3-5-10/h1-8,14-15H. The average Bonchev–Trinajstić information content (AvgIpc) is 2.33. The quantitative estimate of drug-likeness (QED) is 0.663. The second-order valence-electron chi connectivity index (χ2n) is 3.19. The molecule has 0 fully saturated rings. The van der Waals surface area contributed by atoms with Gasteiger partial charge in [0, 0.05) is 11.8 Å². The predicted octanol–water partition coefficient (Wildman–Crippen LogP) is 3.95. The van der Waals surface area contributed by atoms with Crippen LogP contribution in [0.25, 0.3) is 0 Å². The molecule has 0 spiro atoms. The molecule has 0 aromatic heterocycles. The van der Waals surface area contributed by atoms with Crippen molar-refractivity contribution < 1.29 is 9.84 Å². The summed E-state index contributed by atoms with van der Waals surface area (Å²) in [5.41, 5.74) is 0.832. The lowest BCUT2D eigenvalue weighted by Crippen LogP contribution is -1.85. The number of ether oxygens (including phenoxy) is 1. The van der Waals surface area contributed by atoms with Crippen molar-refractivity contribution in [3.8, 4) is 17.2 Å². The second kappa shape index (κ2) is 5.07. The second-order valence-corrected chi connectivity index (χ2v) is 3.73. The minimum Gasteiger partial charge on any atom is -0.504 e. The van der Waals surface area contributed by atoms with Gasteiger partial charge in [-0.2, -0.15) is 0 Å². The Morgan fingerprint density at radius 3 is 2.44 bits per heavy atom. The molecular formula is C12H10INO2. The van der Waals surface area contributed by atoms with Crippen LogP contribution in [0.2, 0.25) is 0 Å². The van der Waals surface area contributed by atoms with Gasteiger partial charge in [0.05, 0.1) is 22.9 Å². The highest BCUT2D eigenvalue weighted by molar-refractivity contribution is 14.1. The molecule has 82 valence electrons. The van der Waals surface area contributed by atoms with Crippen LogP contribution in [0.5, 0.6) is 17.2 Å². The largest absolute Gasteiger partial charge is 0.504 e. The van der Waals surface area contributed by atoms with Gasteiger partial charge in [0.15, 0.2) is 11.5 Å². The van der Waals surface area contributed by atoms with E-state index in [1.807, 2.05) is 59.3 Å². The number of para-hydroxylation sites is 1. The van der Waals surface area contributed by atoms with Gasteiger partial charge in [0.2, 0.25) is 0 Å². The fraction of sp³-hybridized carbons (Fsp3) is 0.